The van der Waals surface area contributed by atoms with Crippen LogP contribution in [0.1, 0.15) is 42.9 Å². The third-order valence-electron chi connectivity index (χ3n) is 3.97. The molecule has 1 aromatic carbocycles. The molecule has 0 aliphatic carbocycles. The fourth-order valence-corrected chi connectivity index (χ4v) is 3.95. The van der Waals surface area contributed by atoms with E-state index in [4.69, 9.17) is 0 Å². The van der Waals surface area contributed by atoms with E-state index in [1.807, 2.05) is 20.8 Å². The minimum Gasteiger partial charge on any atom is -0.344 e. The maximum atomic E-state index is 12.5. The SMILES string of the molecule is CCN(CC)S(=O)(=O)c1ccc(C(C)NC(=O)c2ccccn2)cc1. The summed E-state index contributed by atoms with van der Waals surface area (Å²) < 4.78 is 26.4. The van der Waals surface area contributed by atoms with Gasteiger partial charge in [0.2, 0.25) is 10.0 Å². The second-order valence-electron chi connectivity index (χ2n) is 5.57. The smallest absolute Gasteiger partial charge is 0.270 e. The number of hydrogen-bond acceptors (Lipinski definition) is 4. The van der Waals surface area contributed by atoms with Crippen molar-refractivity contribution >= 4 is 15.9 Å². The fourth-order valence-electron chi connectivity index (χ4n) is 2.49. The first-order chi connectivity index (χ1) is 11.9. The first-order valence-corrected chi connectivity index (χ1v) is 9.66. The molecule has 0 fully saturated rings. The highest BCUT2D eigenvalue weighted by Gasteiger charge is 2.21. The lowest BCUT2D eigenvalue weighted by Crippen LogP contribution is -2.30. The maximum Gasteiger partial charge on any atom is 0.270 e. The molecular weight excluding hydrogens is 338 g/mol. The van der Waals surface area contributed by atoms with Gasteiger partial charge < -0.3 is 5.32 Å². The van der Waals surface area contributed by atoms with Crippen LogP contribution in [0, 0.1) is 0 Å². The van der Waals surface area contributed by atoms with E-state index in [0.717, 1.165) is 5.56 Å². The Labute approximate surface area is 148 Å². The van der Waals surface area contributed by atoms with Crippen molar-refractivity contribution in [3.63, 3.8) is 0 Å². The van der Waals surface area contributed by atoms with Crippen LogP contribution in [0.2, 0.25) is 0 Å². The molecule has 134 valence electrons. The number of nitrogens with zero attached hydrogens (tertiary/aromatic N) is 2. The van der Waals surface area contributed by atoms with E-state index in [0.29, 0.717) is 18.8 Å². The molecule has 1 heterocycles. The van der Waals surface area contributed by atoms with E-state index in [1.165, 1.54) is 4.31 Å². The minimum absolute atomic E-state index is 0.253. The molecule has 0 aliphatic heterocycles. The quantitative estimate of drug-likeness (QED) is 0.822. The Hall–Kier alpha value is -2.25. The topological polar surface area (TPSA) is 79.4 Å². The van der Waals surface area contributed by atoms with Crippen molar-refractivity contribution in [1.82, 2.24) is 14.6 Å². The van der Waals surface area contributed by atoms with E-state index in [1.54, 1.807) is 48.7 Å². The molecule has 1 N–H and O–H groups in total. The second kappa shape index (κ2) is 8.22. The molecule has 0 spiro atoms. The number of nitrogens with one attached hydrogen (secondary N) is 1. The van der Waals surface area contributed by atoms with Crippen LogP contribution < -0.4 is 5.32 Å². The number of amides is 1. The van der Waals surface area contributed by atoms with E-state index in [2.05, 4.69) is 10.3 Å². The van der Waals surface area contributed by atoms with Gasteiger partial charge in [0.25, 0.3) is 5.91 Å². The number of carbonyl (C=O) groups excluding carboxylic acids is 1. The molecule has 0 saturated carbocycles. The number of carbonyl (C=O) groups is 1. The molecule has 0 radical (unpaired) electrons. The molecular formula is C18H23N3O3S. The molecule has 0 saturated heterocycles. The van der Waals surface area contributed by atoms with Crippen LogP contribution in [0.15, 0.2) is 53.6 Å². The Morgan fingerprint density at radius 3 is 2.28 bits per heavy atom. The summed E-state index contributed by atoms with van der Waals surface area (Å²) in [6, 6.07) is 11.5. The van der Waals surface area contributed by atoms with Crippen molar-refractivity contribution < 1.29 is 13.2 Å². The molecule has 1 aromatic heterocycles. The summed E-state index contributed by atoms with van der Waals surface area (Å²) in [5.41, 5.74) is 1.16. The minimum atomic E-state index is -3.47. The largest absolute Gasteiger partial charge is 0.344 e. The summed E-state index contributed by atoms with van der Waals surface area (Å²) in [5, 5.41) is 2.85. The van der Waals surface area contributed by atoms with Gasteiger partial charge in [-0.05, 0) is 36.8 Å². The van der Waals surface area contributed by atoms with Gasteiger partial charge in [0.1, 0.15) is 5.69 Å². The summed E-state index contributed by atoms with van der Waals surface area (Å²) in [6.45, 7) is 6.32. The Morgan fingerprint density at radius 2 is 1.76 bits per heavy atom. The van der Waals surface area contributed by atoms with Crippen molar-refractivity contribution in [2.45, 2.75) is 31.7 Å². The maximum absolute atomic E-state index is 12.5. The standard InChI is InChI=1S/C18H23N3O3S/c1-4-21(5-2)25(23,24)16-11-9-15(10-12-16)14(3)20-18(22)17-8-6-7-13-19-17/h6-14H,4-5H2,1-3H3,(H,20,22). The van der Waals surface area contributed by atoms with Crippen LogP contribution in [0.4, 0.5) is 0 Å². The lowest BCUT2D eigenvalue weighted by Gasteiger charge is -2.19. The fraction of sp³-hybridized carbons (Fsp3) is 0.333. The first-order valence-electron chi connectivity index (χ1n) is 8.22. The van der Waals surface area contributed by atoms with Gasteiger partial charge in [0.15, 0.2) is 0 Å². The van der Waals surface area contributed by atoms with Crippen molar-refractivity contribution in [3.8, 4) is 0 Å². The van der Waals surface area contributed by atoms with Crippen LogP contribution in [0.25, 0.3) is 0 Å². The zero-order valence-electron chi connectivity index (χ0n) is 14.6. The van der Waals surface area contributed by atoms with Crippen LogP contribution in [-0.2, 0) is 10.0 Å². The molecule has 1 amide bonds. The van der Waals surface area contributed by atoms with Gasteiger partial charge in [-0.2, -0.15) is 4.31 Å². The van der Waals surface area contributed by atoms with Crippen molar-refractivity contribution in [2.75, 3.05) is 13.1 Å². The molecule has 1 atom stereocenters. The third-order valence-corrected chi connectivity index (χ3v) is 6.03. The predicted octanol–water partition coefficient (Wildman–Crippen LogP) is 2.60. The number of benzene rings is 1. The highest BCUT2D eigenvalue weighted by atomic mass is 32.2. The van der Waals surface area contributed by atoms with Gasteiger partial charge >= 0.3 is 0 Å². The molecule has 2 aromatic rings. The number of sulfonamides is 1. The van der Waals surface area contributed by atoms with Gasteiger partial charge in [0.05, 0.1) is 10.9 Å². The Kier molecular flexibility index (Phi) is 6.27. The van der Waals surface area contributed by atoms with Crippen LogP contribution in [0.5, 0.6) is 0 Å². The van der Waals surface area contributed by atoms with E-state index in [9.17, 15) is 13.2 Å². The summed E-state index contributed by atoms with van der Waals surface area (Å²) >= 11 is 0. The molecule has 25 heavy (non-hydrogen) atoms. The predicted molar refractivity (Wildman–Crippen MR) is 96.7 cm³/mol. The van der Waals surface area contributed by atoms with E-state index >= 15 is 0 Å². The number of rotatable bonds is 7. The van der Waals surface area contributed by atoms with Crippen molar-refractivity contribution in [3.05, 3.63) is 59.9 Å². The summed E-state index contributed by atoms with van der Waals surface area (Å²) in [4.78, 5) is 16.4. The monoisotopic (exact) mass is 361 g/mol. The van der Waals surface area contributed by atoms with Crippen LogP contribution in [0.3, 0.4) is 0 Å². The van der Waals surface area contributed by atoms with Crippen LogP contribution in [-0.4, -0.2) is 36.7 Å². The zero-order valence-corrected chi connectivity index (χ0v) is 15.5. The molecule has 0 aliphatic rings. The molecule has 7 heteroatoms. The van der Waals surface area contributed by atoms with Crippen molar-refractivity contribution in [2.24, 2.45) is 0 Å². The highest BCUT2D eigenvalue weighted by Crippen LogP contribution is 2.19. The summed E-state index contributed by atoms with van der Waals surface area (Å²) in [5.74, 6) is -0.270. The van der Waals surface area contributed by atoms with Gasteiger partial charge in [-0.3, -0.25) is 9.78 Å². The average molecular weight is 361 g/mol. The Bertz CT molecular complexity index is 801. The number of aromatic nitrogens is 1. The molecule has 0 bridgehead atoms. The van der Waals surface area contributed by atoms with Gasteiger partial charge in [-0.25, -0.2) is 8.42 Å². The molecule has 1 unspecified atom stereocenters. The first kappa shape index (κ1) is 19.1. The summed E-state index contributed by atoms with van der Waals surface area (Å²) in [6.07, 6.45) is 1.56. The normalized spacial score (nSPS) is 12.8. The van der Waals surface area contributed by atoms with Gasteiger partial charge in [0, 0.05) is 19.3 Å². The lowest BCUT2D eigenvalue weighted by molar-refractivity contribution is 0.0935. The molecule has 6 nitrogen and oxygen atoms in total. The van der Waals surface area contributed by atoms with E-state index < -0.39 is 10.0 Å². The number of hydrogen-bond donors (Lipinski definition) is 1. The van der Waals surface area contributed by atoms with Gasteiger partial charge in [-0.1, -0.05) is 32.0 Å². The zero-order chi connectivity index (χ0) is 18.4. The lowest BCUT2D eigenvalue weighted by atomic mass is 10.1. The third kappa shape index (κ3) is 4.43. The Balaban J connectivity index is 2.13. The molecule has 2 rings (SSSR count). The highest BCUT2D eigenvalue weighted by molar-refractivity contribution is 7.89. The Morgan fingerprint density at radius 1 is 1.12 bits per heavy atom. The average Bonchev–Trinajstić information content (AvgIpc) is 2.63. The van der Waals surface area contributed by atoms with Gasteiger partial charge in [-0.15, -0.1) is 0 Å². The summed E-state index contributed by atoms with van der Waals surface area (Å²) in [7, 11) is -3.47. The van der Waals surface area contributed by atoms with E-state index in [-0.39, 0.29) is 16.8 Å². The van der Waals surface area contributed by atoms with Crippen molar-refractivity contribution in [1.29, 1.82) is 0 Å². The number of pyridine rings is 1. The second-order valence-corrected chi connectivity index (χ2v) is 7.51. The van der Waals surface area contributed by atoms with Crippen LogP contribution >= 0.6 is 0 Å².